The van der Waals surface area contributed by atoms with E-state index in [9.17, 15) is 18.0 Å². The van der Waals surface area contributed by atoms with E-state index in [-0.39, 0.29) is 35.7 Å². The molecule has 2 amide bonds. The van der Waals surface area contributed by atoms with Crippen LogP contribution in [0.1, 0.15) is 37.3 Å². The highest BCUT2D eigenvalue weighted by atomic mass is 35.5. The number of carbonyl (C=O) groups excluding carboxylic acids is 2. The molecule has 10 heteroatoms. The molecule has 3 rings (SSSR count). The molecule has 0 bridgehead atoms. The molecule has 1 fully saturated rings. The van der Waals surface area contributed by atoms with Gasteiger partial charge in [-0.15, -0.1) is 0 Å². The zero-order valence-corrected chi connectivity index (χ0v) is 21.6. The Morgan fingerprint density at radius 2 is 1.71 bits per heavy atom. The fourth-order valence-corrected chi connectivity index (χ4v) is 4.94. The van der Waals surface area contributed by atoms with Gasteiger partial charge in [-0.2, -0.15) is 0 Å². The van der Waals surface area contributed by atoms with Gasteiger partial charge in [-0.3, -0.25) is 9.59 Å². The summed E-state index contributed by atoms with van der Waals surface area (Å²) in [6.45, 7) is 2.69. The predicted octanol–water partition coefficient (Wildman–Crippen LogP) is 2.89. The highest BCUT2D eigenvalue weighted by Gasteiger charge is 2.28. The summed E-state index contributed by atoms with van der Waals surface area (Å²) in [5.41, 5.74) is 1.70. The summed E-state index contributed by atoms with van der Waals surface area (Å²) in [5, 5.41) is 3.38. The Bertz CT molecular complexity index is 1100. The van der Waals surface area contributed by atoms with E-state index in [1.807, 2.05) is 12.1 Å². The number of amides is 2. The molecule has 8 nitrogen and oxygen atoms in total. The molecule has 2 N–H and O–H groups in total. The van der Waals surface area contributed by atoms with Crippen molar-refractivity contribution in [1.29, 1.82) is 0 Å². The lowest BCUT2D eigenvalue weighted by Crippen LogP contribution is -2.48. The number of aryl methyl sites for hydroxylation is 1. The van der Waals surface area contributed by atoms with Crippen molar-refractivity contribution in [3.63, 3.8) is 0 Å². The number of benzene rings is 2. The Balaban J connectivity index is 1.65. The number of sulfonamides is 1. The Hall–Kier alpha value is -2.46. The first kappa shape index (κ1) is 27.1. The number of nitrogens with one attached hydrogen (secondary N) is 2. The lowest BCUT2D eigenvalue weighted by atomic mass is 10.1. The van der Waals surface area contributed by atoms with Crippen LogP contribution in [0.4, 0.5) is 0 Å². The molecule has 0 aromatic heterocycles. The van der Waals surface area contributed by atoms with E-state index in [2.05, 4.69) is 10.0 Å². The quantitative estimate of drug-likeness (QED) is 0.394. The van der Waals surface area contributed by atoms with E-state index in [0.717, 1.165) is 24.0 Å². The fraction of sp³-hybridized carbons (Fsp3) is 0.440. The van der Waals surface area contributed by atoms with Crippen molar-refractivity contribution in [2.75, 3.05) is 20.3 Å². The number of rotatable bonds is 13. The SMILES string of the molecule is COCCNC(=O)[C@@H](C)N(Cc1ccc(Cl)cc1)C(=O)CCc1ccc(S(=O)(=O)NC2CC2)cc1. The minimum atomic E-state index is -3.51. The van der Waals surface area contributed by atoms with Crippen molar-refractivity contribution in [2.45, 2.75) is 56.1 Å². The predicted molar refractivity (Wildman–Crippen MR) is 134 cm³/mol. The molecule has 0 saturated heterocycles. The monoisotopic (exact) mass is 521 g/mol. The van der Waals surface area contributed by atoms with Gasteiger partial charge in [0.05, 0.1) is 11.5 Å². The van der Waals surface area contributed by atoms with E-state index >= 15 is 0 Å². The van der Waals surface area contributed by atoms with Crippen LogP contribution in [-0.4, -0.2) is 57.5 Å². The second-order valence-corrected chi connectivity index (χ2v) is 10.8. The van der Waals surface area contributed by atoms with Gasteiger partial charge >= 0.3 is 0 Å². The molecule has 190 valence electrons. The van der Waals surface area contributed by atoms with Gasteiger partial charge in [0, 0.05) is 37.7 Å². The smallest absolute Gasteiger partial charge is 0.242 e. The molecule has 0 heterocycles. The Morgan fingerprint density at radius 3 is 2.31 bits per heavy atom. The standard InChI is InChI=1S/C25H32ClN3O5S/c1-18(25(31)27-15-16-34-2)29(17-20-3-8-21(26)9-4-20)24(30)14-7-19-5-12-23(13-6-19)35(32,33)28-22-10-11-22/h3-6,8-9,12-13,18,22,28H,7,10-11,14-17H2,1-2H3,(H,27,31)/t18-/m1/s1. The maximum Gasteiger partial charge on any atom is 0.242 e. The second-order valence-electron chi connectivity index (χ2n) is 8.65. The van der Waals surface area contributed by atoms with Crippen LogP contribution < -0.4 is 10.0 Å². The zero-order chi connectivity index (χ0) is 25.4. The molecule has 2 aromatic rings. The third-order valence-corrected chi connectivity index (χ3v) is 7.59. The van der Waals surface area contributed by atoms with E-state index in [0.29, 0.717) is 24.6 Å². The number of halogens is 1. The van der Waals surface area contributed by atoms with Gasteiger partial charge in [-0.05, 0) is 61.6 Å². The number of hydrogen-bond donors (Lipinski definition) is 2. The first-order valence-corrected chi connectivity index (χ1v) is 13.5. The summed E-state index contributed by atoms with van der Waals surface area (Å²) < 4.78 is 32.3. The molecule has 1 aliphatic carbocycles. The minimum absolute atomic E-state index is 0.0395. The minimum Gasteiger partial charge on any atom is -0.383 e. The Labute approximate surface area is 212 Å². The number of nitrogens with zero attached hydrogens (tertiary/aromatic N) is 1. The normalized spacial score (nSPS) is 14.4. The highest BCUT2D eigenvalue weighted by molar-refractivity contribution is 7.89. The van der Waals surface area contributed by atoms with Crippen molar-refractivity contribution >= 4 is 33.4 Å². The van der Waals surface area contributed by atoms with Crippen molar-refractivity contribution in [3.8, 4) is 0 Å². The Morgan fingerprint density at radius 1 is 1.09 bits per heavy atom. The summed E-state index contributed by atoms with van der Waals surface area (Å²) >= 11 is 5.98. The zero-order valence-electron chi connectivity index (χ0n) is 20.0. The Kier molecular flexibility index (Phi) is 9.68. The van der Waals surface area contributed by atoms with Crippen LogP contribution in [0.3, 0.4) is 0 Å². The van der Waals surface area contributed by atoms with Gasteiger partial charge < -0.3 is 15.0 Å². The first-order chi connectivity index (χ1) is 16.7. The lowest BCUT2D eigenvalue weighted by molar-refractivity contribution is -0.140. The van der Waals surface area contributed by atoms with Crippen LogP contribution >= 0.6 is 11.6 Å². The number of ether oxygens (including phenoxy) is 1. The lowest BCUT2D eigenvalue weighted by Gasteiger charge is -2.29. The van der Waals surface area contributed by atoms with E-state index in [1.165, 1.54) is 0 Å². The van der Waals surface area contributed by atoms with Crippen LogP contribution in [0.5, 0.6) is 0 Å². The van der Waals surface area contributed by atoms with Crippen LogP contribution in [0, 0.1) is 0 Å². The van der Waals surface area contributed by atoms with Gasteiger partial charge in [-0.25, -0.2) is 13.1 Å². The summed E-state index contributed by atoms with van der Waals surface area (Å²) in [5.74, 6) is -0.441. The van der Waals surface area contributed by atoms with Crippen molar-refractivity contribution in [2.24, 2.45) is 0 Å². The number of carbonyl (C=O) groups is 2. The summed E-state index contributed by atoms with van der Waals surface area (Å²) in [6.07, 6.45) is 2.34. The average molecular weight is 522 g/mol. The number of methoxy groups -OCH3 is 1. The van der Waals surface area contributed by atoms with Crippen LogP contribution in [-0.2, 0) is 37.3 Å². The first-order valence-electron chi connectivity index (χ1n) is 11.6. The summed E-state index contributed by atoms with van der Waals surface area (Å²) in [7, 11) is -1.96. The highest BCUT2D eigenvalue weighted by Crippen LogP contribution is 2.22. The molecule has 0 spiro atoms. The van der Waals surface area contributed by atoms with E-state index in [4.69, 9.17) is 16.3 Å². The van der Waals surface area contributed by atoms with Crippen molar-refractivity contribution < 1.29 is 22.7 Å². The molecule has 2 aromatic carbocycles. The molecule has 0 aliphatic heterocycles. The molecule has 1 aliphatic rings. The third-order valence-electron chi connectivity index (χ3n) is 5.80. The van der Waals surface area contributed by atoms with Gasteiger partial charge in [0.15, 0.2) is 0 Å². The molecular weight excluding hydrogens is 490 g/mol. The largest absolute Gasteiger partial charge is 0.383 e. The molecule has 0 unspecified atom stereocenters. The molecule has 1 atom stereocenters. The van der Waals surface area contributed by atoms with Crippen LogP contribution in [0.2, 0.25) is 5.02 Å². The van der Waals surface area contributed by atoms with E-state index < -0.39 is 16.1 Å². The van der Waals surface area contributed by atoms with Crippen molar-refractivity contribution in [3.05, 3.63) is 64.7 Å². The number of hydrogen-bond acceptors (Lipinski definition) is 5. The third kappa shape index (κ3) is 8.31. The maximum absolute atomic E-state index is 13.2. The molecule has 0 radical (unpaired) electrons. The molecule has 35 heavy (non-hydrogen) atoms. The summed E-state index contributed by atoms with van der Waals surface area (Å²) in [4.78, 5) is 27.6. The van der Waals surface area contributed by atoms with Crippen LogP contribution in [0.15, 0.2) is 53.4 Å². The average Bonchev–Trinajstić information content (AvgIpc) is 3.65. The van der Waals surface area contributed by atoms with Crippen LogP contribution in [0.25, 0.3) is 0 Å². The maximum atomic E-state index is 13.2. The fourth-order valence-electron chi connectivity index (χ4n) is 3.51. The van der Waals surface area contributed by atoms with E-state index in [1.54, 1.807) is 55.3 Å². The van der Waals surface area contributed by atoms with Gasteiger partial charge in [0.1, 0.15) is 6.04 Å². The van der Waals surface area contributed by atoms with Gasteiger partial charge in [0.25, 0.3) is 0 Å². The second kappa shape index (κ2) is 12.5. The van der Waals surface area contributed by atoms with Gasteiger partial charge in [-0.1, -0.05) is 35.9 Å². The molecular formula is C25H32ClN3O5S. The summed E-state index contributed by atoms with van der Waals surface area (Å²) in [6, 6.07) is 13.1. The van der Waals surface area contributed by atoms with Gasteiger partial charge in [0.2, 0.25) is 21.8 Å². The van der Waals surface area contributed by atoms with Crippen molar-refractivity contribution in [1.82, 2.24) is 14.9 Å². The molecule has 1 saturated carbocycles. The topological polar surface area (TPSA) is 105 Å².